The first-order valence-electron chi connectivity index (χ1n) is 11.8. The Bertz CT molecular complexity index is 1020. The van der Waals surface area contributed by atoms with E-state index in [4.69, 9.17) is 4.74 Å². The molecule has 3 aromatic rings. The Morgan fingerprint density at radius 1 is 1.03 bits per heavy atom. The Morgan fingerprint density at radius 3 is 2.36 bits per heavy atom. The molecule has 0 spiro atoms. The molecule has 4 rings (SSSR count). The SMILES string of the molecule is CO[C@@H](C(=O)Nc1ccnn1C1CCN(Cc2ccc(C(C)C)cc2)CC1)c1ccccc1. The highest BCUT2D eigenvalue weighted by atomic mass is 16.5. The average Bonchev–Trinajstić information content (AvgIpc) is 3.29. The summed E-state index contributed by atoms with van der Waals surface area (Å²) in [6.45, 7) is 7.44. The molecule has 33 heavy (non-hydrogen) atoms. The number of hydrogen-bond donors (Lipinski definition) is 1. The van der Waals surface area contributed by atoms with Crippen molar-refractivity contribution in [3.05, 3.63) is 83.6 Å². The average molecular weight is 447 g/mol. The molecule has 1 saturated heterocycles. The fourth-order valence-electron chi connectivity index (χ4n) is 4.51. The summed E-state index contributed by atoms with van der Waals surface area (Å²) >= 11 is 0. The highest BCUT2D eigenvalue weighted by Gasteiger charge is 2.25. The normalized spacial score (nSPS) is 16.1. The van der Waals surface area contributed by atoms with Crippen molar-refractivity contribution in [3.63, 3.8) is 0 Å². The number of amides is 1. The molecule has 0 unspecified atom stereocenters. The number of benzene rings is 2. The number of carbonyl (C=O) groups is 1. The first kappa shape index (κ1) is 23.2. The molecule has 0 bridgehead atoms. The van der Waals surface area contributed by atoms with Crippen LogP contribution >= 0.6 is 0 Å². The lowest BCUT2D eigenvalue weighted by atomic mass is 10.0. The quantitative estimate of drug-likeness (QED) is 0.519. The Balaban J connectivity index is 1.34. The van der Waals surface area contributed by atoms with Gasteiger partial charge in [0.15, 0.2) is 6.10 Å². The molecule has 1 amide bonds. The van der Waals surface area contributed by atoms with Crippen LogP contribution in [0.25, 0.3) is 0 Å². The summed E-state index contributed by atoms with van der Waals surface area (Å²) in [5.41, 5.74) is 3.57. The van der Waals surface area contributed by atoms with Gasteiger partial charge in [-0.25, -0.2) is 4.68 Å². The number of carbonyl (C=O) groups excluding carboxylic acids is 1. The second kappa shape index (κ2) is 10.8. The van der Waals surface area contributed by atoms with Crippen LogP contribution in [0.4, 0.5) is 5.82 Å². The number of methoxy groups -OCH3 is 1. The minimum atomic E-state index is -0.654. The lowest BCUT2D eigenvalue weighted by molar-refractivity contribution is -0.126. The topological polar surface area (TPSA) is 59.4 Å². The molecule has 6 heteroatoms. The predicted octanol–water partition coefficient (Wildman–Crippen LogP) is 5.17. The number of nitrogens with zero attached hydrogens (tertiary/aromatic N) is 3. The molecular formula is C27H34N4O2. The third kappa shape index (κ3) is 5.70. The van der Waals surface area contributed by atoms with Crippen molar-refractivity contribution in [2.24, 2.45) is 0 Å². The minimum Gasteiger partial charge on any atom is -0.367 e. The highest BCUT2D eigenvalue weighted by Crippen LogP contribution is 2.27. The maximum absolute atomic E-state index is 12.9. The number of rotatable bonds is 8. The summed E-state index contributed by atoms with van der Waals surface area (Å²) in [5.74, 6) is 1.10. The molecule has 1 aromatic heterocycles. The van der Waals surface area contributed by atoms with Crippen LogP contribution in [0, 0.1) is 0 Å². The van der Waals surface area contributed by atoms with Gasteiger partial charge in [-0.3, -0.25) is 9.69 Å². The number of aromatic nitrogens is 2. The van der Waals surface area contributed by atoms with Gasteiger partial charge in [0.05, 0.1) is 12.2 Å². The van der Waals surface area contributed by atoms with Crippen LogP contribution in [0.3, 0.4) is 0 Å². The molecule has 1 aliphatic heterocycles. The van der Waals surface area contributed by atoms with Gasteiger partial charge in [0.1, 0.15) is 5.82 Å². The van der Waals surface area contributed by atoms with Crippen LogP contribution in [0.1, 0.15) is 61.4 Å². The maximum atomic E-state index is 12.9. The molecule has 174 valence electrons. The highest BCUT2D eigenvalue weighted by molar-refractivity contribution is 5.94. The van der Waals surface area contributed by atoms with Crippen LogP contribution in [0.2, 0.25) is 0 Å². The van der Waals surface area contributed by atoms with Crippen molar-refractivity contribution in [2.75, 3.05) is 25.5 Å². The summed E-state index contributed by atoms with van der Waals surface area (Å²) in [6.07, 6.45) is 3.10. The smallest absolute Gasteiger partial charge is 0.259 e. The van der Waals surface area contributed by atoms with Crippen molar-refractivity contribution in [1.29, 1.82) is 0 Å². The van der Waals surface area contributed by atoms with Crippen molar-refractivity contribution in [3.8, 4) is 0 Å². The van der Waals surface area contributed by atoms with Gasteiger partial charge >= 0.3 is 0 Å². The van der Waals surface area contributed by atoms with E-state index >= 15 is 0 Å². The van der Waals surface area contributed by atoms with Gasteiger partial charge in [-0.2, -0.15) is 5.10 Å². The molecular weight excluding hydrogens is 412 g/mol. The second-order valence-electron chi connectivity index (χ2n) is 9.08. The maximum Gasteiger partial charge on any atom is 0.259 e. The lowest BCUT2D eigenvalue weighted by Gasteiger charge is -2.32. The third-order valence-corrected chi connectivity index (χ3v) is 6.45. The Kier molecular flexibility index (Phi) is 7.57. The fraction of sp³-hybridized carbons (Fsp3) is 0.407. The van der Waals surface area contributed by atoms with Gasteiger partial charge in [-0.05, 0) is 35.4 Å². The van der Waals surface area contributed by atoms with E-state index in [1.165, 1.54) is 11.1 Å². The molecule has 1 N–H and O–H groups in total. The third-order valence-electron chi connectivity index (χ3n) is 6.45. The van der Waals surface area contributed by atoms with Crippen LogP contribution < -0.4 is 5.32 Å². The molecule has 2 heterocycles. The molecule has 6 nitrogen and oxygen atoms in total. The first-order chi connectivity index (χ1) is 16.0. The number of hydrogen-bond acceptors (Lipinski definition) is 4. The fourth-order valence-corrected chi connectivity index (χ4v) is 4.51. The molecule has 1 atom stereocenters. The second-order valence-corrected chi connectivity index (χ2v) is 9.08. The Labute approximate surface area is 196 Å². The molecule has 1 fully saturated rings. The summed E-state index contributed by atoms with van der Waals surface area (Å²) in [5, 5.41) is 7.55. The van der Waals surface area contributed by atoms with Crippen LogP contribution in [0.5, 0.6) is 0 Å². The van der Waals surface area contributed by atoms with Gasteiger partial charge in [-0.1, -0.05) is 68.4 Å². The molecule has 1 aliphatic rings. The van der Waals surface area contributed by atoms with Gasteiger partial charge in [0, 0.05) is 32.8 Å². The van der Waals surface area contributed by atoms with E-state index in [0.717, 1.165) is 43.9 Å². The van der Waals surface area contributed by atoms with Gasteiger partial charge < -0.3 is 10.1 Å². The van der Waals surface area contributed by atoms with Crippen LogP contribution in [-0.2, 0) is 16.1 Å². The van der Waals surface area contributed by atoms with Crippen molar-refractivity contribution in [1.82, 2.24) is 14.7 Å². The van der Waals surface area contributed by atoms with Crippen LogP contribution in [-0.4, -0.2) is 40.8 Å². The van der Waals surface area contributed by atoms with E-state index in [2.05, 4.69) is 53.4 Å². The van der Waals surface area contributed by atoms with E-state index in [-0.39, 0.29) is 11.9 Å². The number of piperidine rings is 1. The van der Waals surface area contributed by atoms with Gasteiger partial charge in [0.2, 0.25) is 0 Å². The molecule has 2 aromatic carbocycles. The Morgan fingerprint density at radius 2 is 1.73 bits per heavy atom. The lowest BCUT2D eigenvalue weighted by Crippen LogP contribution is -2.35. The summed E-state index contributed by atoms with van der Waals surface area (Å²) in [4.78, 5) is 15.4. The van der Waals surface area contributed by atoms with Crippen molar-refractivity contribution < 1.29 is 9.53 Å². The number of anilines is 1. The standard InChI is InChI=1S/C27H34N4O2/c1-20(2)22-11-9-21(10-12-22)19-30-17-14-24(15-18-30)31-25(13-16-28-31)29-27(32)26(33-3)23-7-5-4-6-8-23/h4-13,16,20,24,26H,14-15,17-19H2,1-3H3,(H,29,32)/t26-/m1/s1. The van der Waals surface area contributed by atoms with E-state index in [0.29, 0.717) is 5.92 Å². The summed E-state index contributed by atoms with van der Waals surface area (Å²) < 4.78 is 7.44. The zero-order valence-corrected chi connectivity index (χ0v) is 19.8. The zero-order valence-electron chi connectivity index (χ0n) is 19.8. The zero-order chi connectivity index (χ0) is 23.2. The predicted molar refractivity (Wildman–Crippen MR) is 131 cm³/mol. The van der Waals surface area contributed by atoms with Gasteiger partial charge in [0.25, 0.3) is 5.91 Å². The minimum absolute atomic E-state index is 0.187. The summed E-state index contributed by atoms with van der Waals surface area (Å²) in [7, 11) is 1.56. The monoisotopic (exact) mass is 446 g/mol. The van der Waals surface area contributed by atoms with Crippen LogP contribution in [0.15, 0.2) is 66.9 Å². The largest absolute Gasteiger partial charge is 0.367 e. The van der Waals surface area contributed by atoms with E-state index in [1.807, 2.05) is 41.1 Å². The number of nitrogens with one attached hydrogen (secondary N) is 1. The van der Waals surface area contributed by atoms with Gasteiger partial charge in [-0.15, -0.1) is 0 Å². The molecule has 0 radical (unpaired) electrons. The number of ether oxygens (including phenoxy) is 1. The van der Waals surface area contributed by atoms with Crippen molar-refractivity contribution >= 4 is 11.7 Å². The van der Waals surface area contributed by atoms with E-state index in [9.17, 15) is 4.79 Å². The number of likely N-dealkylation sites (tertiary alicyclic amines) is 1. The summed E-state index contributed by atoms with van der Waals surface area (Å²) in [6, 6.07) is 20.7. The molecule has 0 saturated carbocycles. The Hall–Kier alpha value is -2.96. The van der Waals surface area contributed by atoms with E-state index < -0.39 is 6.10 Å². The first-order valence-corrected chi connectivity index (χ1v) is 11.8. The molecule has 0 aliphatic carbocycles. The van der Waals surface area contributed by atoms with E-state index in [1.54, 1.807) is 13.3 Å². The van der Waals surface area contributed by atoms with Crippen molar-refractivity contribution in [2.45, 2.75) is 51.3 Å².